The Hall–Kier alpha value is -2.41. The molecule has 0 saturated heterocycles. The molecule has 0 atom stereocenters. The van der Waals surface area contributed by atoms with Crippen LogP contribution in [0.3, 0.4) is 0 Å². The van der Waals surface area contributed by atoms with E-state index in [-0.39, 0.29) is 5.78 Å². The van der Waals surface area contributed by atoms with Gasteiger partial charge in [0.2, 0.25) is 0 Å². The predicted molar refractivity (Wildman–Crippen MR) is 68.7 cm³/mol. The van der Waals surface area contributed by atoms with Crippen molar-refractivity contribution in [3.8, 4) is 0 Å². The molecule has 0 bridgehead atoms. The van der Waals surface area contributed by atoms with Crippen molar-refractivity contribution in [3.63, 3.8) is 0 Å². The molecule has 2 aromatic rings. The first kappa shape index (κ1) is 12.1. The van der Waals surface area contributed by atoms with Crippen LogP contribution in [0.2, 0.25) is 0 Å². The van der Waals surface area contributed by atoms with Crippen molar-refractivity contribution >= 4 is 11.5 Å². The molecular formula is C14H13N3O. The minimum absolute atomic E-state index is 0.0358. The Morgan fingerprint density at radius 1 is 1.44 bits per heavy atom. The Morgan fingerprint density at radius 3 is 2.78 bits per heavy atom. The molecule has 0 radical (unpaired) electrons. The van der Waals surface area contributed by atoms with Gasteiger partial charge in [0, 0.05) is 19.7 Å². The summed E-state index contributed by atoms with van der Waals surface area (Å²) in [6, 6.07) is 7.10. The molecule has 0 aliphatic heterocycles. The molecule has 18 heavy (non-hydrogen) atoms. The smallest absolute Gasteiger partial charge is 0.187 e. The van der Waals surface area contributed by atoms with Crippen LogP contribution in [0, 0.1) is 13.5 Å². The first-order valence-electron chi connectivity index (χ1n) is 5.60. The van der Waals surface area contributed by atoms with Crippen LogP contribution in [0.4, 0.5) is 5.69 Å². The van der Waals surface area contributed by atoms with Crippen molar-refractivity contribution in [1.29, 1.82) is 0 Å². The van der Waals surface area contributed by atoms with E-state index in [4.69, 9.17) is 6.57 Å². The van der Waals surface area contributed by atoms with Crippen LogP contribution >= 0.6 is 0 Å². The lowest BCUT2D eigenvalue weighted by Crippen LogP contribution is -2.10. The second-order valence-corrected chi connectivity index (χ2v) is 4.16. The molecular weight excluding hydrogens is 226 g/mol. The minimum atomic E-state index is 0.0358. The molecule has 0 N–H and O–H groups in total. The summed E-state index contributed by atoms with van der Waals surface area (Å²) in [7, 11) is 1.75. The monoisotopic (exact) mass is 239 g/mol. The van der Waals surface area contributed by atoms with E-state index < -0.39 is 0 Å². The maximum absolute atomic E-state index is 12.1. The fourth-order valence-electron chi connectivity index (χ4n) is 1.86. The van der Waals surface area contributed by atoms with Gasteiger partial charge in [-0.25, -0.2) is 4.85 Å². The van der Waals surface area contributed by atoms with E-state index in [2.05, 4.69) is 9.94 Å². The number of aryl methyl sites for hydroxylation is 2. The third-order valence-corrected chi connectivity index (χ3v) is 2.91. The van der Waals surface area contributed by atoms with Crippen LogP contribution in [0.5, 0.6) is 0 Å². The fraction of sp³-hybridized carbons (Fsp3) is 0.214. The topological polar surface area (TPSA) is 39.2 Å². The summed E-state index contributed by atoms with van der Waals surface area (Å²) in [5, 5.41) is 3.99. The predicted octanol–water partition coefficient (Wildman–Crippen LogP) is 2.70. The Labute approximate surface area is 106 Å². The molecule has 4 heteroatoms. The lowest BCUT2D eigenvalue weighted by atomic mass is 10.0. The number of Topliss-reactive ketones (excluding diaryl/α,β-unsaturated/α-hetero) is 1. The first-order valence-corrected chi connectivity index (χ1v) is 5.60. The van der Waals surface area contributed by atoms with E-state index in [1.807, 2.05) is 13.0 Å². The zero-order valence-electron chi connectivity index (χ0n) is 10.3. The number of carbonyl (C=O) groups is 1. The van der Waals surface area contributed by atoms with Crippen molar-refractivity contribution in [3.05, 3.63) is 58.7 Å². The summed E-state index contributed by atoms with van der Waals surface area (Å²) >= 11 is 0. The van der Waals surface area contributed by atoms with Crippen molar-refractivity contribution in [2.24, 2.45) is 7.05 Å². The van der Waals surface area contributed by atoms with Gasteiger partial charge in [-0.2, -0.15) is 5.10 Å². The van der Waals surface area contributed by atoms with Crippen LogP contribution in [-0.2, 0) is 13.5 Å². The van der Waals surface area contributed by atoms with Crippen molar-refractivity contribution in [2.75, 3.05) is 0 Å². The van der Waals surface area contributed by atoms with Gasteiger partial charge >= 0.3 is 0 Å². The quantitative estimate of drug-likeness (QED) is 0.610. The van der Waals surface area contributed by atoms with E-state index >= 15 is 0 Å². The Bertz CT molecular complexity index is 635. The van der Waals surface area contributed by atoms with E-state index in [1.165, 1.54) is 0 Å². The summed E-state index contributed by atoms with van der Waals surface area (Å²) in [5.74, 6) is 0.0358. The van der Waals surface area contributed by atoms with Crippen LogP contribution in [0.25, 0.3) is 4.85 Å². The number of ketones is 1. The van der Waals surface area contributed by atoms with Crippen LogP contribution in [-0.4, -0.2) is 15.6 Å². The SMILES string of the molecule is [C-]#[N+]c1ccc(CC(=O)c2ccnn2C)c(C)c1. The first-order chi connectivity index (χ1) is 8.61. The third kappa shape index (κ3) is 2.30. The highest BCUT2D eigenvalue weighted by atomic mass is 16.1. The molecule has 1 aromatic heterocycles. The number of hydrogen-bond acceptors (Lipinski definition) is 2. The van der Waals surface area contributed by atoms with Gasteiger partial charge in [0.15, 0.2) is 11.5 Å². The molecule has 0 amide bonds. The Balaban J connectivity index is 2.23. The van der Waals surface area contributed by atoms with Gasteiger partial charge in [0.25, 0.3) is 0 Å². The molecule has 0 saturated carbocycles. The standard InChI is InChI=1S/C14H13N3O/c1-10-8-12(15-2)5-4-11(10)9-14(18)13-6-7-16-17(13)3/h4-8H,9H2,1,3H3. The third-order valence-electron chi connectivity index (χ3n) is 2.91. The molecule has 0 spiro atoms. The summed E-state index contributed by atoms with van der Waals surface area (Å²) in [6.07, 6.45) is 1.95. The van der Waals surface area contributed by atoms with E-state index in [1.54, 1.807) is 36.1 Å². The molecule has 0 fully saturated rings. The van der Waals surface area contributed by atoms with E-state index in [9.17, 15) is 4.79 Å². The van der Waals surface area contributed by atoms with Gasteiger partial charge in [0.05, 0.1) is 6.57 Å². The van der Waals surface area contributed by atoms with Crippen molar-refractivity contribution < 1.29 is 4.79 Å². The number of aromatic nitrogens is 2. The van der Waals surface area contributed by atoms with Gasteiger partial charge in [0.1, 0.15) is 5.69 Å². The van der Waals surface area contributed by atoms with E-state index in [0.29, 0.717) is 17.8 Å². The zero-order valence-corrected chi connectivity index (χ0v) is 10.3. The maximum atomic E-state index is 12.1. The Kier molecular flexibility index (Phi) is 3.24. The van der Waals surface area contributed by atoms with Gasteiger partial charge in [-0.3, -0.25) is 9.48 Å². The zero-order chi connectivity index (χ0) is 13.1. The molecule has 0 aliphatic carbocycles. The lowest BCUT2D eigenvalue weighted by molar-refractivity contribution is 0.0984. The van der Waals surface area contributed by atoms with Crippen LogP contribution in [0.15, 0.2) is 30.5 Å². The maximum Gasteiger partial charge on any atom is 0.187 e. The van der Waals surface area contributed by atoms with Crippen molar-refractivity contribution in [1.82, 2.24) is 9.78 Å². The highest BCUT2D eigenvalue weighted by Crippen LogP contribution is 2.19. The molecule has 1 heterocycles. The summed E-state index contributed by atoms with van der Waals surface area (Å²) in [6.45, 7) is 8.86. The molecule has 0 unspecified atom stereocenters. The highest BCUT2D eigenvalue weighted by molar-refractivity contribution is 5.96. The average Bonchev–Trinajstić information content (AvgIpc) is 2.78. The van der Waals surface area contributed by atoms with Crippen molar-refractivity contribution in [2.45, 2.75) is 13.3 Å². The van der Waals surface area contributed by atoms with E-state index in [0.717, 1.165) is 11.1 Å². The summed E-state index contributed by atoms with van der Waals surface area (Å²) < 4.78 is 1.57. The molecule has 4 nitrogen and oxygen atoms in total. The number of carbonyl (C=O) groups excluding carboxylic acids is 1. The summed E-state index contributed by atoms with van der Waals surface area (Å²) in [4.78, 5) is 15.4. The minimum Gasteiger partial charge on any atom is -0.292 e. The largest absolute Gasteiger partial charge is 0.292 e. The number of nitrogens with zero attached hydrogens (tertiary/aromatic N) is 3. The number of rotatable bonds is 3. The average molecular weight is 239 g/mol. The van der Waals surface area contributed by atoms with Gasteiger partial charge < -0.3 is 0 Å². The van der Waals surface area contributed by atoms with Gasteiger partial charge in [-0.05, 0) is 18.6 Å². The van der Waals surface area contributed by atoms with Crippen LogP contribution in [0.1, 0.15) is 21.6 Å². The molecule has 90 valence electrons. The van der Waals surface area contributed by atoms with Gasteiger partial charge in [-0.15, -0.1) is 0 Å². The second kappa shape index (κ2) is 4.84. The Morgan fingerprint density at radius 2 is 2.22 bits per heavy atom. The second-order valence-electron chi connectivity index (χ2n) is 4.16. The van der Waals surface area contributed by atoms with Crippen LogP contribution < -0.4 is 0 Å². The molecule has 2 rings (SSSR count). The molecule has 0 aliphatic rings. The normalized spacial score (nSPS) is 10.1. The summed E-state index contributed by atoms with van der Waals surface area (Å²) in [5.41, 5.74) is 3.13. The number of benzene rings is 1. The number of hydrogen-bond donors (Lipinski definition) is 0. The fourth-order valence-corrected chi connectivity index (χ4v) is 1.86. The lowest BCUT2D eigenvalue weighted by Gasteiger charge is -2.06. The molecule has 1 aromatic carbocycles. The van der Waals surface area contributed by atoms with Gasteiger partial charge in [-0.1, -0.05) is 23.8 Å². The highest BCUT2D eigenvalue weighted by Gasteiger charge is 2.12.